The molecule has 2 heterocycles. The Morgan fingerprint density at radius 3 is 2.48 bits per heavy atom. The number of hydrogen-bond donors (Lipinski definition) is 5. The van der Waals surface area contributed by atoms with Crippen LogP contribution < -0.4 is 20.5 Å². The minimum Gasteiger partial charge on any atom is -0.396 e. The smallest absolute Gasteiger partial charge is 0.242 e. The van der Waals surface area contributed by atoms with E-state index < -0.39 is 35.9 Å². The molecule has 0 unspecified atom stereocenters. The first-order chi connectivity index (χ1) is 14.6. The number of aliphatic hydroxyl groups is 1. The predicted octanol–water partition coefficient (Wildman–Crippen LogP) is -1.65. The van der Waals surface area contributed by atoms with E-state index in [9.17, 15) is 21.9 Å². The molecule has 15 heteroatoms. The second kappa shape index (κ2) is 9.13. The van der Waals surface area contributed by atoms with Crippen LogP contribution >= 0.6 is 0 Å². The Morgan fingerprint density at radius 2 is 1.97 bits per heavy atom. The van der Waals surface area contributed by atoms with Gasteiger partial charge in [0.05, 0.1) is 5.56 Å². The van der Waals surface area contributed by atoms with Gasteiger partial charge in [-0.25, -0.2) is 26.7 Å². The van der Waals surface area contributed by atoms with Crippen LogP contribution in [0.25, 0.3) is 11.4 Å². The molecule has 1 aromatic heterocycles. The maximum absolute atomic E-state index is 13.0. The summed E-state index contributed by atoms with van der Waals surface area (Å²) in [6.07, 6.45) is 1.37. The maximum Gasteiger partial charge on any atom is 0.242 e. The van der Waals surface area contributed by atoms with Crippen LogP contribution in [0.3, 0.4) is 0 Å². The van der Waals surface area contributed by atoms with Crippen LogP contribution in [0, 0.1) is 5.92 Å². The summed E-state index contributed by atoms with van der Waals surface area (Å²) >= 11 is 0. The Hall–Kier alpha value is -2.17. The summed E-state index contributed by atoms with van der Waals surface area (Å²) in [4.78, 5) is 0.746. The van der Waals surface area contributed by atoms with Gasteiger partial charge in [-0.1, -0.05) is 0 Å². The zero-order valence-electron chi connectivity index (χ0n) is 16.9. The van der Waals surface area contributed by atoms with Crippen LogP contribution in [0.2, 0.25) is 0 Å². The van der Waals surface area contributed by atoms with Crippen molar-refractivity contribution in [3.63, 3.8) is 0 Å². The third kappa shape index (κ3) is 5.02. The van der Waals surface area contributed by atoms with Gasteiger partial charge in [-0.2, -0.15) is 5.21 Å². The largest absolute Gasteiger partial charge is 0.396 e. The lowest BCUT2D eigenvalue weighted by Crippen LogP contribution is -2.39. The van der Waals surface area contributed by atoms with E-state index in [1.165, 1.54) is 12.1 Å². The normalized spacial score (nSPS) is 17.1. The molecule has 1 aliphatic rings. The fourth-order valence-electron chi connectivity index (χ4n) is 3.53. The molecule has 13 nitrogen and oxygen atoms in total. The van der Waals surface area contributed by atoms with E-state index in [0.717, 1.165) is 0 Å². The lowest BCUT2D eigenvalue weighted by atomic mass is 9.97. The van der Waals surface area contributed by atoms with Gasteiger partial charge in [0.1, 0.15) is 9.79 Å². The first-order valence-corrected chi connectivity index (χ1v) is 12.6. The lowest BCUT2D eigenvalue weighted by molar-refractivity contribution is 0.203. The molecular weight excluding hydrogens is 448 g/mol. The van der Waals surface area contributed by atoms with E-state index in [1.54, 1.807) is 6.92 Å². The second-order valence-corrected chi connectivity index (χ2v) is 10.6. The molecule has 1 aliphatic heterocycles. The number of aromatic nitrogens is 4. The molecule has 2 aromatic rings. The minimum absolute atomic E-state index is 0.0134. The van der Waals surface area contributed by atoms with Gasteiger partial charge in [0, 0.05) is 38.0 Å². The van der Waals surface area contributed by atoms with E-state index >= 15 is 0 Å². The van der Waals surface area contributed by atoms with E-state index in [0.29, 0.717) is 31.6 Å². The average molecular weight is 475 g/mol. The van der Waals surface area contributed by atoms with E-state index in [2.05, 4.69) is 25.3 Å². The van der Waals surface area contributed by atoms with E-state index in [1.807, 2.05) is 4.90 Å². The van der Waals surface area contributed by atoms with Crippen molar-refractivity contribution in [2.24, 2.45) is 16.8 Å². The molecular formula is C16H26N8O5S2. The number of hydrogen-bond acceptors (Lipinski definition) is 10. The van der Waals surface area contributed by atoms with Crippen LogP contribution in [0.4, 0.5) is 5.69 Å². The maximum atomic E-state index is 13.0. The van der Waals surface area contributed by atoms with Crippen molar-refractivity contribution < 1.29 is 21.9 Å². The van der Waals surface area contributed by atoms with E-state index in [4.69, 9.17) is 10.9 Å². The molecule has 7 N–H and O–H groups in total. The highest BCUT2D eigenvalue weighted by molar-refractivity contribution is 7.92. The summed E-state index contributed by atoms with van der Waals surface area (Å²) in [5, 5.41) is 28.4. The molecule has 1 saturated heterocycles. The fraction of sp³-hybridized carbons (Fsp3) is 0.562. The number of nitrogens with one attached hydrogen (secondary N) is 2. The summed E-state index contributed by atoms with van der Waals surface area (Å²) in [7, 11) is -8.82. The van der Waals surface area contributed by atoms with Crippen molar-refractivity contribution in [3.05, 3.63) is 12.1 Å². The van der Waals surface area contributed by atoms with Crippen LogP contribution in [0.5, 0.6) is 0 Å². The van der Waals surface area contributed by atoms with Crippen LogP contribution in [0.15, 0.2) is 21.9 Å². The van der Waals surface area contributed by atoms with Crippen LogP contribution in [-0.2, 0) is 20.0 Å². The first-order valence-electron chi connectivity index (χ1n) is 9.60. The number of tetrazole rings is 1. The molecule has 1 fully saturated rings. The van der Waals surface area contributed by atoms with Gasteiger partial charge in [0.25, 0.3) is 0 Å². The fourth-order valence-corrected chi connectivity index (χ4v) is 6.38. The third-order valence-corrected chi connectivity index (χ3v) is 7.92. The monoisotopic (exact) mass is 474 g/mol. The molecule has 0 spiro atoms. The number of rotatable bonds is 8. The number of sulfonamides is 2. The first kappa shape index (κ1) is 23.5. The zero-order valence-corrected chi connectivity index (χ0v) is 18.5. The van der Waals surface area contributed by atoms with Crippen molar-refractivity contribution in [3.8, 4) is 11.4 Å². The van der Waals surface area contributed by atoms with Crippen molar-refractivity contribution in [2.75, 3.05) is 31.1 Å². The Morgan fingerprint density at radius 1 is 1.29 bits per heavy atom. The van der Waals surface area contributed by atoms with Gasteiger partial charge >= 0.3 is 0 Å². The zero-order chi connectivity index (χ0) is 22.8. The molecule has 31 heavy (non-hydrogen) atoms. The number of benzene rings is 1. The summed E-state index contributed by atoms with van der Waals surface area (Å²) in [5.74, 6) is 0.0384. The van der Waals surface area contributed by atoms with Gasteiger partial charge in [-0.05, 0) is 43.0 Å². The number of anilines is 1. The highest BCUT2D eigenvalue weighted by Crippen LogP contribution is 2.39. The van der Waals surface area contributed by atoms with Gasteiger partial charge in [-0.15, -0.1) is 10.2 Å². The minimum atomic E-state index is -4.53. The summed E-state index contributed by atoms with van der Waals surface area (Å²) in [6.45, 7) is 2.67. The summed E-state index contributed by atoms with van der Waals surface area (Å²) in [6, 6.07) is 2.06. The number of aromatic amines is 1. The lowest BCUT2D eigenvalue weighted by Gasteiger charge is -2.34. The Bertz CT molecular complexity index is 1110. The Kier molecular flexibility index (Phi) is 6.92. The predicted molar refractivity (Wildman–Crippen MR) is 112 cm³/mol. The number of aliphatic hydroxyl groups excluding tert-OH is 1. The second-order valence-electron chi connectivity index (χ2n) is 7.44. The van der Waals surface area contributed by atoms with Crippen molar-refractivity contribution in [2.45, 2.75) is 35.6 Å². The van der Waals surface area contributed by atoms with Crippen molar-refractivity contribution in [1.82, 2.24) is 25.3 Å². The quantitative estimate of drug-likeness (QED) is 0.294. The SMILES string of the molecule is C[C@H](CN)NS(=O)(=O)c1ccc(N2CCC(CO)CC2)c(-c2nn[nH]n2)c1S(N)(=O)=O. The standard InChI is InChI=1S/C16H26N8O5S2/c1-10(8-17)21-31(28,29)13-3-2-12(24-6-4-11(9-25)5-7-24)14(15(13)30(18,26)27)16-19-22-23-20-16/h2-3,10-11,21,25H,4-9,17H2,1H3,(H2,18,26,27)(H,19,20,22,23)/t10-/m1/s1. The molecule has 0 aliphatic carbocycles. The number of nitrogens with two attached hydrogens (primary N) is 2. The van der Waals surface area contributed by atoms with Gasteiger partial charge in [0.15, 0.2) is 0 Å². The van der Waals surface area contributed by atoms with E-state index in [-0.39, 0.29) is 30.5 Å². The summed E-state index contributed by atoms with van der Waals surface area (Å²) in [5.41, 5.74) is 5.86. The Balaban J connectivity index is 2.24. The molecule has 172 valence electrons. The van der Waals surface area contributed by atoms with Crippen LogP contribution in [0.1, 0.15) is 19.8 Å². The number of nitrogens with zero attached hydrogens (tertiary/aromatic N) is 4. The van der Waals surface area contributed by atoms with Crippen molar-refractivity contribution in [1.29, 1.82) is 0 Å². The topological polar surface area (TPSA) is 210 Å². The number of piperidine rings is 1. The molecule has 0 radical (unpaired) electrons. The number of H-pyrrole nitrogens is 1. The van der Waals surface area contributed by atoms with Gasteiger partial charge < -0.3 is 15.7 Å². The molecule has 1 aromatic carbocycles. The average Bonchev–Trinajstić information content (AvgIpc) is 3.26. The molecule has 0 saturated carbocycles. The Labute approximate surface area is 180 Å². The van der Waals surface area contributed by atoms with Gasteiger partial charge in [0.2, 0.25) is 25.9 Å². The summed E-state index contributed by atoms with van der Waals surface area (Å²) < 4.78 is 53.5. The number of primary sulfonamides is 1. The van der Waals surface area contributed by atoms with Crippen molar-refractivity contribution >= 4 is 25.7 Å². The highest BCUT2D eigenvalue weighted by atomic mass is 32.2. The molecule has 0 bridgehead atoms. The van der Waals surface area contributed by atoms with Crippen LogP contribution in [-0.4, -0.2) is 74.8 Å². The molecule has 3 rings (SSSR count). The van der Waals surface area contributed by atoms with Gasteiger partial charge in [-0.3, -0.25) is 0 Å². The molecule has 1 atom stereocenters. The highest BCUT2D eigenvalue weighted by Gasteiger charge is 2.34. The third-order valence-electron chi connectivity index (χ3n) is 5.17. The molecule has 0 amide bonds.